The molecule has 0 aliphatic heterocycles. The molecule has 0 aliphatic carbocycles. The van der Waals surface area contributed by atoms with Crippen molar-refractivity contribution >= 4 is 34.2 Å². The smallest absolute Gasteiger partial charge is 0.158 e. The number of fused-ring (bicyclic) bond motifs is 1. The van der Waals surface area contributed by atoms with Crippen LogP contribution in [0.2, 0.25) is 10.0 Å². The molecule has 0 amide bonds. The summed E-state index contributed by atoms with van der Waals surface area (Å²) in [5.41, 5.74) is 3.99. The van der Waals surface area contributed by atoms with E-state index in [4.69, 9.17) is 23.2 Å². The van der Waals surface area contributed by atoms with Gasteiger partial charge in [0.15, 0.2) is 5.82 Å². The molecule has 0 saturated heterocycles. The van der Waals surface area contributed by atoms with Crippen molar-refractivity contribution in [2.75, 3.05) is 0 Å². The third-order valence-corrected chi connectivity index (χ3v) is 5.02. The highest BCUT2D eigenvalue weighted by Crippen LogP contribution is 2.35. The Kier molecular flexibility index (Phi) is 4.21. The zero-order chi connectivity index (χ0) is 18.4. The summed E-state index contributed by atoms with van der Waals surface area (Å²) in [6.45, 7) is 1.99. The van der Waals surface area contributed by atoms with Gasteiger partial charge in [0, 0.05) is 12.6 Å². The topological polar surface area (TPSA) is 46.5 Å². The minimum absolute atomic E-state index is 0.301. The number of benzene rings is 2. The number of rotatable bonds is 3. The third-order valence-electron chi connectivity index (χ3n) is 4.34. The van der Waals surface area contributed by atoms with Crippen molar-refractivity contribution in [2.45, 2.75) is 13.3 Å². The van der Waals surface area contributed by atoms with Gasteiger partial charge in [0.05, 0.1) is 21.3 Å². The summed E-state index contributed by atoms with van der Waals surface area (Å²) in [4.78, 5) is 7.82. The molecule has 0 aliphatic rings. The molecule has 132 valence electrons. The van der Waals surface area contributed by atoms with E-state index in [9.17, 15) is 4.39 Å². The molecule has 0 atom stereocenters. The number of aromatic nitrogens is 4. The normalized spacial score (nSPS) is 11.4. The molecule has 1 N–H and O–H groups in total. The molecular formula is C19H15Cl2FN4. The fourth-order valence-electron chi connectivity index (χ4n) is 3.08. The van der Waals surface area contributed by atoms with Gasteiger partial charge in [-0.1, -0.05) is 48.3 Å². The Morgan fingerprint density at radius 1 is 1.19 bits per heavy atom. The van der Waals surface area contributed by atoms with E-state index in [1.807, 2.05) is 20.0 Å². The molecule has 2 heterocycles. The maximum Gasteiger partial charge on any atom is 0.158 e. The molecule has 4 aromatic rings. The Morgan fingerprint density at radius 3 is 2.65 bits per heavy atom. The molecule has 0 unspecified atom stereocenters. The Labute approximate surface area is 159 Å². The standard InChI is InChI=1S/C19H15Cl2FN4/c1-3-14-16(21)18(26(2)25-14)19-23-15-9-10(8-12(20)17(15)24-19)11-6-4-5-7-13(11)22/h4-9H,3H2,1-2H3,(H,23,24). The maximum absolute atomic E-state index is 14.1. The van der Waals surface area contributed by atoms with Gasteiger partial charge in [-0.3, -0.25) is 4.68 Å². The molecule has 4 nitrogen and oxygen atoms in total. The van der Waals surface area contributed by atoms with E-state index in [-0.39, 0.29) is 5.82 Å². The van der Waals surface area contributed by atoms with Gasteiger partial charge in [-0.15, -0.1) is 0 Å². The van der Waals surface area contributed by atoms with Gasteiger partial charge in [0.2, 0.25) is 0 Å². The molecule has 0 spiro atoms. The monoisotopic (exact) mass is 388 g/mol. The van der Waals surface area contributed by atoms with Crippen molar-refractivity contribution in [3.05, 3.63) is 58.0 Å². The highest BCUT2D eigenvalue weighted by Gasteiger charge is 2.19. The number of hydrogen-bond donors (Lipinski definition) is 1. The Balaban J connectivity index is 1.90. The first kappa shape index (κ1) is 17.1. The van der Waals surface area contributed by atoms with E-state index in [0.29, 0.717) is 43.7 Å². The molecule has 26 heavy (non-hydrogen) atoms. The van der Waals surface area contributed by atoms with Crippen LogP contribution in [0, 0.1) is 5.82 Å². The van der Waals surface area contributed by atoms with E-state index >= 15 is 0 Å². The van der Waals surface area contributed by atoms with E-state index < -0.39 is 0 Å². The fraction of sp³-hybridized carbons (Fsp3) is 0.158. The van der Waals surface area contributed by atoms with Crippen LogP contribution >= 0.6 is 23.2 Å². The van der Waals surface area contributed by atoms with Crippen LogP contribution in [0.5, 0.6) is 0 Å². The molecule has 0 radical (unpaired) electrons. The molecule has 2 aromatic heterocycles. The average molecular weight is 389 g/mol. The highest BCUT2D eigenvalue weighted by atomic mass is 35.5. The highest BCUT2D eigenvalue weighted by molar-refractivity contribution is 6.35. The molecule has 0 fully saturated rings. The van der Waals surface area contributed by atoms with E-state index in [2.05, 4.69) is 15.1 Å². The summed E-state index contributed by atoms with van der Waals surface area (Å²) in [6, 6.07) is 10.1. The predicted octanol–water partition coefficient (Wildman–Crippen LogP) is 5.64. The number of H-pyrrole nitrogens is 1. The zero-order valence-corrected chi connectivity index (χ0v) is 15.7. The maximum atomic E-state index is 14.1. The van der Waals surface area contributed by atoms with Crippen LogP contribution in [-0.2, 0) is 13.5 Å². The van der Waals surface area contributed by atoms with Crippen molar-refractivity contribution in [1.29, 1.82) is 0 Å². The molecule has 4 rings (SSSR count). The first-order chi connectivity index (χ1) is 12.5. The predicted molar refractivity (Wildman–Crippen MR) is 103 cm³/mol. The number of nitrogens with zero attached hydrogens (tertiary/aromatic N) is 3. The summed E-state index contributed by atoms with van der Waals surface area (Å²) in [7, 11) is 1.82. The Morgan fingerprint density at radius 2 is 1.96 bits per heavy atom. The largest absolute Gasteiger partial charge is 0.337 e. The van der Waals surface area contributed by atoms with Gasteiger partial charge in [-0.05, 0) is 30.2 Å². The first-order valence-corrected chi connectivity index (χ1v) is 8.91. The van der Waals surface area contributed by atoms with Gasteiger partial charge in [-0.2, -0.15) is 5.10 Å². The summed E-state index contributed by atoms with van der Waals surface area (Å²) in [6.07, 6.45) is 0.727. The van der Waals surface area contributed by atoms with Crippen LogP contribution in [0.4, 0.5) is 4.39 Å². The number of imidazole rings is 1. The van der Waals surface area contributed by atoms with E-state index in [1.165, 1.54) is 6.07 Å². The number of hydrogen-bond acceptors (Lipinski definition) is 2. The lowest BCUT2D eigenvalue weighted by atomic mass is 10.0. The van der Waals surface area contributed by atoms with Crippen LogP contribution in [0.25, 0.3) is 33.7 Å². The third kappa shape index (κ3) is 2.68. The average Bonchev–Trinajstić information content (AvgIpc) is 3.15. The molecular weight excluding hydrogens is 374 g/mol. The number of halogens is 3. The minimum atomic E-state index is -0.301. The van der Waals surface area contributed by atoms with Crippen molar-refractivity contribution in [1.82, 2.24) is 19.7 Å². The zero-order valence-electron chi connectivity index (χ0n) is 14.1. The second-order valence-electron chi connectivity index (χ2n) is 6.01. The van der Waals surface area contributed by atoms with Crippen molar-refractivity contribution in [2.24, 2.45) is 7.05 Å². The Hall–Kier alpha value is -2.37. The van der Waals surface area contributed by atoms with Crippen LogP contribution in [0.15, 0.2) is 36.4 Å². The number of nitrogens with one attached hydrogen (secondary N) is 1. The molecule has 2 aromatic carbocycles. The molecule has 0 bridgehead atoms. The Bertz CT molecular complexity index is 1130. The first-order valence-electron chi connectivity index (χ1n) is 8.15. The second kappa shape index (κ2) is 6.41. The van der Waals surface area contributed by atoms with Crippen molar-refractivity contribution < 1.29 is 4.39 Å². The second-order valence-corrected chi connectivity index (χ2v) is 6.79. The van der Waals surface area contributed by atoms with Gasteiger partial charge < -0.3 is 4.98 Å². The van der Waals surface area contributed by atoms with Gasteiger partial charge in [0.25, 0.3) is 0 Å². The van der Waals surface area contributed by atoms with Gasteiger partial charge in [0.1, 0.15) is 17.0 Å². The van der Waals surface area contributed by atoms with E-state index in [0.717, 1.165) is 12.1 Å². The van der Waals surface area contributed by atoms with Crippen molar-refractivity contribution in [3.8, 4) is 22.6 Å². The minimum Gasteiger partial charge on any atom is -0.337 e. The van der Waals surface area contributed by atoms with E-state index in [1.54, 1.807) is 28.9 Å². The summed E-state index contributed by atoms with van der Waals surface area (Å²) in [5.74, 6) is 0.275. The SMILES string of the molecule is CCc1nn(C)c(-c2nc3c(Cl)cc(-c4ccccc4F)cc3[nH]2)c1Cl. The lowest BCUT2D eigenvalue weighted by Gasteiger charge is -2.04. The van der Waals surface area contributed by atoms with Gasteiger partial charge in [-0.25, -0.2) is 9.37 Å². The quantitative estimate of drug-likeness (QED) is 0.493. The van der Waals surface area contributed by atoms with Crippen LogP contribution in [0.1, 0.15) is 12.6 Å². The van der Waals surface area contributed by atoms with Crippen LogP contribution in [0.3, 0.4) is 0 Å². The van der Waals surface area contributed by atoms with Crippen LogP contribution < -0.4 is 0 Å². The lowest BCUT2D eigenvalue weighted by molar-refractivity contribution is 0.631. The lowest BCUT2D eigenvalue weighted by Crippen LogP contribution is -1.95. The summed E-state index contributed by atoms with van der Waals surface area (Å²) < 4.78 is 15.8. The summed E-state index contributed by atoms with van der Waals surface area (Å²) >= 11 is 12.9. The fourth-order valence-corrected chi connectivity index (χ4v) is 3.72. The summed E-state index contributed by atoms with van der Waals surface area (Å²) in [5, 5.41) is 5.43. The number of aryl methyl sites for hydroxylation is 2. The molecule has 0 saturated carbocycles. The number of aromatic amines is 1. The van der Waals surface area contributed by atoms with Gasteiger partial charge >= 0.3 is 0 Å². The van der Waals surface area contributed by atoms with Crippen molar-refractivity contribution in [3.63, 3.8) is 0 Å². The molecule has 7 heteroatoms. The van der Waals surface area contributed by atoms with Crippen LogP contribution in [-0.4, -0.2) is 19.7 Å².